The fourth-order valence-corrected chi connectivity index (χ4v) is 1.45. The van der Waals surface area contributed by atoms with Crippen molar-refractivity contribution < 1.29 is 27.5 Å². The van der Waals surface area contributed by atoms with Gasteiger partial charge in [-0.05, 0) is 12.1 Å². The van der Waals surface area contributed by atoms with Gasteiger partial charge in [0.2, 0.25) is 0 Å². The summed E-state index contributed by atoms with van der Waals surface area (Å²) in [5.74, 6) is -0.975. The van der Waals surface area contributed by atoms with E-state index in [2.05, 4.69) is 4.74 Å². The SMILES string of the molecule is COCCC(=O)CC(=O)c1cccc(C(F)(F)F)c1. The number of carbonyl (C=O) groups excluding carboxylic acids is 2. The molecule has 0 N–H and O–H groups in total. The molecular weight excluding hydrogens is 261 g/mol. The smallest absolute Gasteiger partial charge is 0.384 e. The summed E-state index contributed by atoms with van der Waals surface area (Å²) in [6.07, 6.45) is -4.85. The molecule has 0 heterocycles. The van der Waals surface area contributed by atoms with Crippen molar-refractivity contribution >= 4 is 11.6 Å². The van der Waals surface area contributed by atoms with Gasteiger partial charge in [0, 0.05) is 19.1 Å². The van der Waals surface area contributed by atoms with Gasteiger partial charge in [-0.25, -0.2) is 0 Å². The van der Waals surface area contributed by atoms with Gasteiger partial charge < -0.3 is 4.74 Å². The van der Waals surface area contributed by atoms with E-state index in [1.165, 1.54) is 13.2 Å². The van der Waals surface area contributed by atoms with Crippen molar-refractivity contribution in [2.75, 3.05) is 13.7 Å². The van der Waals surface area contributed by atoms with Crippen LogP contribution in [0.4, 0.5) is 13.2 Å². The highest BCUT2D eigenvalue weighted by Crippen LogP contribution is 2.29. The number of alkyl halides is 3. The van der Waals surface area contributed by atoms with Crippen LogP contribution in [0.2, 0.25) is 0 Å². The predicted octanol–water partition coefficient (Wildman–Crippen LogP) is 2.88. The normalized spacial score (nSPS) is 11.4. The molecule has 0 fully saturated rings. The average molecular weight is 274 g/mol. The summed E-state index contributed by atoms with van der Waals surface area (Å²) in [7, 11) is 1.42. The number of carbonyl (C=O) groups is 2. The van der Waals surface area contributed by atoms with Crippen molar-refractivity contribution in [2.45, 2.75) is 19.0 Å². The largest absolute Gasteiger partial charge is 0.416 e. The molecule has 0 radical (unpaired) electrons. The molecule has 1 rings (SSSR count). The average Bonchev–Trinajstić information content (AvgIpc) is 2.35. The first-order valence-corrected chi connectivity index (χ1v) is 5.55. The minimum atomic E-state index is -4.50. The number of rotatable bonds is 6. The second-order valence-corrected chi connectivity index (χ2v) is 3.96. The third-order valence-corrected chi connectivity index (χ3v) is 2.45. The number of hydrogen-bond donors (Lipinski definition) is 0. The summed E-state index contributed by atoms with van der Waals surface area (Å²) in [5.41, 5.74) is -1.01. The highest BCUT2D eigenvalue weighted by Gasteiger charge is 2.30. The highest BCUT2D eigenvalue weighted by molar-refractivity contribution is 6.08. The molecule has 0 aliphatic heterocycles. The number of halogens is 3. The van der Waals surface area contributed by atoms with E-state index in [1.54, 1.807) is 0 Å². The molecule has 0 saturated heterocycles. The van der Waals surface area contributed by atoms with Crippen LogP contribution in [0.1, 0.15) is 28.8 Å². The van der Waals surface area contributed by atoms with Crippen LogP contribution >= 0.6 is 0 Å². The first-order valence-electron chi connectivity index (χ1n) is 5.55. The Hall–Kier alpha value is -1.69. The third-order valence-electron chi connectivity index (χ3n) is 2.45. The molecule has 6 heteroatoms. The number of Topliss-reactive ketones (excluding diaryl/α,β-unsaturated/α-hetero) is 2. The Kier molecular flexibility index (Phi) is 5.23. The molecule has 0 unspecified atom stereocenters. The van der Waals surface area contributed by atoms with E-state index in [4.69, 9.17) is 0 Å². The molecule has 1 aromatic rings. The number of ether oxygens (including phenoxy) is 1. The van der Waals surface area contributed by atoms with E-state index in [1.807, 2.05) is 0 Å². The Bertz CT molecular complexity index is 466. The maximum Gasteiger partial charge on any atom is 0.416 e. The standard InChI is InChI=1S/C13H13F3O3/c1-19-6-5-11(17)8-12(18)9-3-2-4-10(7-9)13(14,15)16/h2-4,7H,5-6,8H2,1H3. The van der Waals surface area contributed by atoms with Crippen LogP contribution in [0, 0.1) is 0 Å². The molecule has 0 aliphatic carbocycles. The summed E-state index contributed by atoms with van der Waals surface area (Å²) in [5, 5.41) is 0. The number of methoxy groups -OCH3 is 1. The zero-order valence-electron chi connectivity index (χ0n) is 10.3. The van der Waals surface area contributed by atoms with Crippen LogP contribution in [0.15, 0.2) is 24.3 Å². The fraction of sp³-hybridized carbons (Fsp3) is 0.385. The maximum absolute atomic E-state index is 12.5. The second kappa shape index (κ2) is 6.47. The summed E-state index contributed by atoms with van der Waals surface area (Å²) in [6, 6.07) is 4.05. The molecule has 0 atom stereocenters. The zero-order valence-corrected chi connectivity index (χ0v) is 10.3. The minimum Gasteiger partial charge on any atom is -0.384 e. The van der Waals surface area contributed by atoms with E-state index in [9.17, 15) is 22.8 Å². The summed E-state index contributed by atoms with van der Waals surface area (Å²) < 4.78 is 42.1. The maximum atomic E-state index is 12.5. The first-order chi connectivity index (χ1) is 8.84. The van der Waals surface area contributed by atoms with Crippen LogP contribution in [0.5, 0.6) is 0 Å². The van der Waals surface area contributed by atoms with Crippen molar-refractivity contribution in [2.24, 2.45) is 0 Å². The molecule has 0 aliphatic rings. The van der Waals surface area contributed by atoms with Crippen LogP contribution in [-0.2, 0) is 15.7 Å². The minimum absolute atomic E-state index is 0.0706. The topological polar surface area (TPSA) is 43.4 Å². The fourth-order valence-electron chi connectivity index (χ4n) is 1.45. The van der Waals surface area contributed by atoms with E-state index in [-0.39, 0.29) is 24.4 Å². The molecule has 3 nitrogen and oxygen atoms in total. The molecule has 0 aromatic heterocycles. The predicted molar refractivity (Wildman–Crippen MR) is 61.9 cm³/mol. The lowest BCUT2D eigenvalue weighted by molar-refractivity contribution is -0.137. The molecular formula is C13H13F3O3. The Morgan fingerprint density at radius 2 is 1.95 bits per heavy atom. The Morgan fingerprint density at radius 1 is 1.26 bits per heavy atom. The van der Waals surface area contributed by atoms with Gasteiger partial charge in [0.25, 0.3) is 0 Å². The van der Waals surface area contributed by atoms with E-state index >= 15 is 0 Å². The van der Waals surface area contributed by atoms with Gasteiger partial charge in [0.15, 0.2) is 5.78 Å². The summed E-state index contributed by atoms with van der Waals surface area (Å²) in [6.45, 7) is 0.189. The summed E-state index contributed by atoms with van der Waals surface area (Å²) in [4.78, 5) is 23.0. The van der Waals surface area contributed by atoms with Crippen LogP contribution in [-0.4, -0.2) is 25.3 Å². The highest BCUT2D eigenvalue weighted by atomic mass is 19.4. The Labute approximate surface area is 108 Å². The van der Waals surface area contributed by atoms with Crippen molar-refractivity contribution in [3.8, 4) is 0 Å². The van der Waals surface area contributed by atoms with Crippen LogP contribution < -0.4 is 0 Å². The lowest BCUT2D eigenvalue weighted by Crippen LogP contribution is -2.12. The quantitative estimate of drug-likeness (QED) is 0.591. The number of ketones is 2. The molecule has 1 aromatic carbocycles. The van der Waals surface area contributed by atoms with Gasteiger partial charge in [0.1, 0.15) is 5.78 Å². The molecule has 104 valence electrons. The molecule has 0 spiro atoms. The second-order valence-electron chi connectivity index (χ2n) is 3.96. The van der Waals surface area contributed by atoms with Gasteiger partial charge in [-0.3, -0.25) is 9.59 Å². The third kappa shape index (κ3) is 4.82. The van der Waals surface area contributed by atoms with Crippen LogP contribution in [0.25, 0.3) is 0 Å². The van der Waals surface area contributed by atoms with Crippen molar-refractivity contribution in [3.63, 3.8) is 0 Å². The first kappa shape index (κ1) is 15.4. The summed E-state index contributed by atoms with van der Waals surface area (Å²) >= 11 is 0. The molecule has 19 heavy (non-hydrogen) atoms. The van der Waals surface area contributed by atoms with E-state index in [0.29, 0.717) is 0 Å². The van der Waals surface area contributed by atoms with Crippen molar-refractivity contribution in [3.05, 3.63) is 35.4 Å². The van der Waals surface area contributed by atoms with Gasteiger partial charge in [-0.15, -0.1) is 0 Å². The zero-order chi connectivity index (χ0) is 14.5. The van der Waals surface area contributed by atoms with Crippen molar-refractivity contribution in [1.29, 1.82) is 0 Å². The number of benzene rings is 1. The lowest BCUT2D eigenvalue weighted by atomic mass is 10.0. The van der Waals surface area contributed by atoms with Gasteiger partial charge in [-0.2, -0.15) is 13.2 Å². The van der Waals surface area contributed by atoms with Crippen LogP contribution in [0.3, 0.4) is 0 Å². The van der Waals surface area contributed by atoms with Gasteiger partial charge in [-0.1, -0.05) is 12.1 Å². The van der Waals surface area contributed by atoms with Gasteiger partial charge >= 0.3 is 6.18 Å². The van der Waals surface area contributed by atoms with Crippen molar-refractivity contribution in [1.82, 2.24) is 0 Å². The number of hydrogen-bond acceptors (Lipinski definition) is 3. The lowest BCUT2D eigenvalue weighted by Gasteiger charge is -2.08. The molecule has 0 saturated carbocycles. The monoisotopic (exact) mass is 274 g/mol. The van der Waals surface area contributed by atoms with E-state index in [0.717, 1.165) is 18.2 Å². The Balaban J connectivity index is 2.75. The molecule has 0 bridgehead atoms. The molecule has 0 amide bonds. The Morgan fingerprint density at radius 3 is 2.53 bits per heavy atom. The van der Waals surface area contributed by atoms with Gasteiger partial charge in [0.05, 0.1) is 18.6 Å². The van der Waals surface area contributed by atoms with E-state index < -0.39 is 23.9 Å².